The van der Waals surface area contributed by atoms with Gasteiger partial charge in [0.15, 0.2) is 0 Å². The number of hydrogen-bond acceptors (Lipinski definition) is 2. The van der Waals surface area contributed by atoms with E-state index in [0.717, 1.165) is 19.0 Å². The van der Waals surface area contributed by atoms with Crippen LogP contribution in [0.1, 0.15) is 32.6 Å². The van der Waals surface area contributed by atoms with Crippen molar-refractivity contribution in [1.29, 1.82) is 0 Å². The van der Waals surface area contributed by atoms with Gasteiger partial charge in [0.25, 0.3) is 0 Å². The van der Waals surface area contributed by atoms with Gasteiger partial charge in [-0.2, -0.15) is 0 Å². The molecule has 0 aromatic heterocycles. The van der Waals surface area contributed by atoms with E-state index in [1.807, 2.05) is 11.9 Å². The first-order chi connectivity index (χ1) is 7.20. The van der Waals surface area contributed by atoms with E-state index in [2.05, 4.69) is 11.8 Å². The first-order valence-corrected chi connectivity index (χ1v) is 6.18. The van der Waals surface area contributed by atoms with Gasteiger partial charge in [0.1, 0.15) is 0 Å². The lowest BCUT2D eigenvalue weighted by atomic mass is 10.3. The van der Waals surface area contributed by atoms with E-state index in [9.17, 15) is 4.79 Å². The summed E-state index contributed by atoms with van der Waals surface area (Å²) in [5.41, 5.74) is 0. The van der Waals surface area contributed by atoms with Gasteiger partial charge in [0.05, 0.1) is 6.54 Å². The van der Waals surface area contributed by atoms with E-state index in [-0.39, 0.29) is 0 Å². The summed E-state index contributed by atoms with van der Waals surface area (Å²) in [6.07, 6.45) is 5.20. The van der Waals surface area contributed by atoms with Crippen LogP contribution in [-0.2, 0) is 4.79 Å². The Morgan fingerprint density at radius 3 is 2.40 bits per heavy atom. The molecule has 0 N–H and O–H groups in total. The molecule has 15 heavy (non-hydrogen) atoms. The molecule has 0 heterocycles. The van der Waals surface area contributed by atoms with Gasteiger partial charge in [-0.25, -0.2) is 0 Å². The Morgan fingerprint density at radius 2 is 1.93 bits per heavy atom. The number of amides is 1. The molecule has 2 aliphatic rings. The third kappa shape index (κ3) is 3.20. The zero-order chi connectivity index (χ0) is 10.8. The van der Waals surface area contributed by atoms with Crippen LogP contribution in [0.25, 0.3) is 0 Å². The summed E-state index contributed by atoms with van der Waals surface area (Å²) in [7, 11) is 1.95. The summed E-state index contributed by atoms with van der Waals surface area (Å²) in [4.78, 5) is 16.1. The van der Waals surface area contributed by atoms with Crippen LogP contribution in [0.2, 0.25) is 0 Å². The summed E-state index contributed by atoms with van der Waals surface area (Å²) in [5, 5.41) is 0. The second-order valence-electron chi connectivity index (χ2n) is 5.01. The fourth-order valence-electron chi connectivity index (χ4n) is 2.02. The molecule has 3 heteroatoms. The van der Waals surface area contributed by atoms with Crippen LogP contribution in [0.3, 0.4) is 0 Å². The number of carbonyl (C=O) groups is 1. The van der Waals surface area contributed by atoms with Crippen LogP contribution in [0.5, 0.6) is 0 Å². The minimum absolute atomic E-state index is 0.302. The van der Waals surface area contributed by atoms with Crippen LogP contribution < -0.4 is 0 Å². The van der Waals surface area contributed by atoms with E-state index in [0.29, 0.717) is 18.5 Å². The van der Waals surface area contributed by atoms with Crippen LogP contribution >= 0.6 is 0 Å². The minimum atomic E-state index is 0.302. The highest BCUT2D eigenvalue weighted by Gasteiger charge is 2.30. The maximum Gasteiger partial charge on any atom is 0.236 e. The quantitative estimate of drug-likeness (QED) is 0.660. The average molecular weight is 210 g/mol. The van der Waals surface area contributed by atoms with Crippen molar-refractivity contribution < 1.29 is 4.79 Å². The molecular weight excluding hydrogens is 188 g/mol. The Hall–Kier alpha value is -0.570. The normalized spacial score (nSPS) is 20.7. The van der Waals surface area contributed by atoms with E-state index in [4.69, 9.17) is 0 Å². The van der Waals surface area contributed by atoms with Crippen LogP contribution in [0.4, 0.5) is 0 Å². The van der Waals surface area contributed by atoms with Crippen molar-refractivity contribution in [2.75, 3.05) is 26.7 Å². The number of nitrogens with zero attached hydrogens (tertiary/aromatic N) is 2. The molecular formula is C12H22N2O. The molecule has 0 aromatic rings. The Morgan fingerprint density at radius 1 is 1.27 bits per heavy atom. The third-order valence-electron chi connectivity index (χ3n) is 3.46. The van der Waals surface area contributed by atoms with Crippen LogP contribution in [0.15, 0.2) is 0 Å². The first-order valence-electron chi connectivity index (χ1n) is 6.18. The lowest BCUT2D eigenvalue weighted by Gasteiger charge is -2.23. The highest BCUT2D eigenvalue weighted by Crippen LogP contribution is 2.30. The molecule has 0 aliphatic heterocycles. The van der Waals surface area contributed by atoms with Gasteiger partial charge >= 0.3 is 0 Å². The van der Waals surface area contributed by atoms with Crippen LogP contribution in [0, 0.1) is 5.92 Å². The molecule has 0 radical (unpaired) electrons. The van der Waals surface area contributed by atoms with Crippen molar-refractivity contribution in [3.63, 3.8) is 0 Å². The molecule has 0 spiro atoms. The molecule has 2 fully saturated rings. The lowest BCUT2D eigenvalue weighted by molar-refractivity contribution is -0.131. The molecule has 0 bridgehead atoms. The largest absolute Gasteiger partial charge is 0.344 e. The van der Waals surface area contributed by atoms with E-state index in [1.54, 1.807) is 0 Å². The lowest BCUT2D eigenvalue weighted by Crippen LogP contribution is -2.40. The van der Waals surface area contributed by atoms with Gasteiger partial charge in [0.2, 0.25) is 5.91 Å². The van der Waals surface area contributed by atoms with Gasteiger partial charge in [-0.3, -0.25) is 9.69 Å². The minimum Gasteiger partial charge on any atom is -0.344 e. The fraction of sp³-hybridized carbons (Fsp3) is 0.917. The zero-order valence-electron chi connectivity index (χ0n) is 9.91. The van der Waals surface area contributed by atoms with E-state index >= 15 is 0 Å². The van der Waals surface area contributed by atoms with Crippen molar-refractivity contribution in [3.05, 3.63) is 0 Å². The highest BCUT2D eigenvalue weighted by molar-refractivity contribution is 5.78. The van der Waals surface area contributed by atoms with Crippen molar-refractivity contribution in [2.24, 2.45) is 5.92 Å². The molecule has 1 amide bonds. The predicted octanol–water partition coefficient (Wildman–Crippen LogP) is 1.34. The maximum absolute atomic E-state index is 11.9. The summed E-state index contributed by atoms with van der Waals surface area (Å²) in [6.45, 7) is 4.76. The molecule has 2 aliphatic carbocycles. The fourth-order valence-corrected chi connectivity index (χ4v) is 2.02. The number of hydrogen-bond donors (Lipinski definition) is 0. The molecule has 0 atom stereocenters. The zero-order valence-corrected chi connectivity index (χ0v) is 9.91. The van der Waals surface area contributed by atoms with Crippen molar-refractivity contribution in [1.82, 2.24) is 9.80 Å². The second kappa shape index (κ2) is 4.52. The number of rotatable bonds is 6. The molecule has 0 unspecified atom stereocenters. The SMILES string of the molecule is CCN(CC(=O)N(C)CC1CC1)C1CC1. The summed E-state index contributed by atoms with van der Waals surface area (Å²) in [6, 6.07) is 0.702. The van der Waals surface area contributed by atoms with Gasteiger partial charge in [-0.1, -0.05) is 6.92 Å². The number of likely N-dealkylation sites (N-methyl/N-ethyl adjacent to an activating group) is 2. The average Bonchev–Trinajstić information content (AvgIpc) is 3.04. The monoisotopic (exact) mass is 210 g/mol. The molecule has 3 nitrogen and oxygen atoms in total. The maximum atomic E-state index is 11.9. The second-order valence-corrected chi connectivity index (χ2v) is 5.01. The van der Waals surface area contributed by atoms with Gasteiger partial charge in [-0.15, -0.1) is 0 Å². The summed E-state index contributed by atoms with van der Waals surface area (Å²) >= 11 is 0. The Bertz CT molecular complexity index is 234. The molecule has 0 saturated heterocycles. The third-order valence-corrected chi connectivity index (χ3v) is 3.46. The number of carbonyl (C=O) groups excluding carboxylic acids is 1. The van der Waals surface area contributed by atoms with E-state index in [1.165, 1.54) is 25.7 Å². The predicted molar refractivity (Wildman–Crippen MR) is 60.6 cm³/mol. The molecule has 2 saturated carbocycles. The smallest absolute Gasteiger partial charge is 0.236 e. The Labute approximate surface area is 92.4 Å². The molecule has 2 rings (SSSR count). The molecule has 86 valence electrons. The Kier molecular flexibility index (Phi) is 3.29. The van der Waals surface area contributed by atoms with Crippen molar-refractivity contribution >= 4 is 5.91 Å². The van der Waals surface area contributed by atoms with E-state index < -0.39 is 0 Å². The van der Waals surface area contributed by atoms with Crippen LogP contribution in [-0.4, -0.2) is 48.4 Å². The van der Waals surface area contributed by atoms with Gasteiger partial charge in [-0.05, 0) is 38.1 Å². The Balaban J connectivity index is 1.73. The molecule has 0 aromatic carbocycles. The first kappa shape index (κ1) is 10.9. The van der Waals surface area contributed by atoms with Crippen molar-refractivity contribution in [2.45, 2.75) is 38.6 Å². The standard InChI is InChI=1S/C12H22N2O/c1-3-14(11-6-7-11)9-12(15)13(2)8-10-4-5-10/h10-11H,3-9H2,1-2H3. The van der Waals surface area contributed by atoms with Crippen molar-refractivity contribution in [3.8, 4) is 0 Å². The topological polar surface area (TPSA) is 23.6 Å². The highest BCUT2D eigenvalue weighted by atomic mass is 16.2. The summed E-state index contributed by atoms with van der Waals surface area (Å²) < 4.78 is 0. The van der Waals surface area contributed by atoms with Gasteiger partial charge in [0, 0.05) is 19.6 Å². The van der Waals surface area contributed by atoms with Gasteiger partial charge < -0.3 is 4.90 Å². The summed E-state index contributed by atoms with van der Waals surface area (Å²) in [5.74, 6) is 1.10.